The fourth-order valence-corrected chi connectivity index (χ4v) is 2.35. The summed E-state index contributed by atoms with van der Waals surface area (Å²) in [6.07, 6.45) is 3.99. The number of nitrogens with zero attached hydrogens (tertiary/aromatic N) is 1. The normalized spacial score (nSPS) is 15.0. The quantitative estimate of drug-likeness (QED) is 0.798. The van der Waals surface area contributed by atoms with Crippen molar-refractivity contribution in [1.82, 2.24) is 5.32 Å². The molecule has 1 aliphatic rings. The Morgan fingerprint density at radius 3 is 2.72 bits per heavy atom. The molecule has 0 atom stereocenters. The lowest BCUT2D eigenvalue weighted by Gasteiger charge is -2.31. The molecule has 2 rings (SSSR count). The minimum Gasteiger partial charge on any atom is -0.397 e. The van der Waals surface area contributed by atoms with Crippen molar-refractivity contribution >= 4 is 17.3 Å². The highest BCUT2D eigenvalue weighted by Gasteiger charge is 2.20. The predicted octanol–water partition coefficient (Wildman–Crippen LogP) is 1.86. The molecule has 0 bridgehead atoms. The zero-order chi connectivity index (χ0) is 13.1. The zero-order valence-electron chi connectivity index (χ0n) is 11.1. The number of carbonyl (C=O) groups is 1. The molecular weight excluding hydrogens is 226 g/mol. The summed E-state index contributed by atoms with van der Waals surface area (Å²) in [5.41, 5.74) is 8.31. The molecule has 1 amide bonds. The number of rotatable bonds is 4. The standard InChI is InChI=1S/C14H21N3O/c1-16-14(18)11-6-7-13(12(15)8-11)17(2)9-10-4-3-5-10/h6-8,10H,3-5,9,15H2,1-2H3,(H,16,18). The fraction of sp³-hybridized carbons (Fsp3) is 0.500. The van der Waals surface area contributed by atoms with Crippen molar-refractivity contribution in [2.75, 3.05) is 31.3 Å². The molecule has 0 saturated heterocycles. The van der Waals surface area contributed by atoms with Crippen LogP contribution in [0, 0.1) is 5.92 Å². The van der Waals surface area contributed by atoms with E-state index in [0.29, 0.717) is 11.3 Å². The second-order valence-corrected chi connectivity index (χ2v) is 5.03. The number of nitrogens with two attached hydrogens (primary N) is 1. The SMILES string of the molecule is CNC(=O)c1ccc(N(C)CC2CCC2)c(N)c1. The van der Waals surface area contributed by atoms with Crippen molar-refractivity contribution in [3.8, 4) is 0 Å². The van der Waals surface area contributed by atoms with Crippen LogP contribution in [0.25, 0.3) is 0 Å². The molecule has 1 fully saturated rings. The monoisotopic (exact) mass is 247 g/mol. The number of amides is 1. The second-order valence-electron chi connectivity index (χ2n) is 5.03. The van der Waals surface area contributed by atoms with Crippen molar-refractivity contribution in [1.29, 1.82) is 0 Å². The Balaban J connectivity index is 2.10. The largest absolute Gasteiger partial charge is 0.397 e. The first-order valence-corrected chi connectivity index (χ1v) is 6.44. The minimum absolute atomic E-state index is 0.102. The van der Waals surface area contributed by atoms with Crippen LogP contribution in [0.1, 0.15) is 29.6 Å². The van der Waals surface area contributed by atoms with Gasteiger partial charge < -0.3 is 16.0 Å². The molecule has 0 radical (unpaired) electrons. The highest BCUT2D eigenvalue weighted by Crippen LogP contribution is 2.30. The number of carbonyl (C=O) groups excluding carboxylic acids is 1. The summed E-state index contributed by atoms with van der Waals surface area (Å²) in [5, 5.41) is 2.60. The van der Waals surface area contributed by atoms with Crippen LogP contribution < -0.4 is 16.0 Å². The van der Waals surface area contributed by atoms with E-state index in [0.717, 1.165) is 18.2 Å². The lowest BCUT2D eigenvalue weighted by Crippen LogP contribution is -2.29. The third-order valence-electron chi connectivity index (χ3n) is 3.68. The third-order valence-corrected chi connectivity index (χ3v) is 3.68. The van der Waals surface area contributed by atoms with Gasteiger partial charge in [0.2, 0.25) is 0 Å². The molecule has 0 heterocycles. The van der Waals surface area contributed by atoms with Crippen LogP contribution >= 0.6 is 0 Å². The number of hydrogen-bond acceptors (Lipinski definition) is 3. The van der Waals surface area contributed by atoms with Gasteiger partial charge in [-0.2, -0.15) is 0 Å². The van der Waals surface area contributed by atoms with Gasteiger partial charge in [-0.05, 0) is 37.0 Å². The Hall–Kier alpha value is -1.71. The molecule has 18 heavy (non-hydrogen) atoms. The second kappa shape index (κ2) is 5.29. The van der Waals surface area contributed by atoms with Crippen molar-refractivity contribution in [2.24, 2.45) is 5.92 Å². The third kappa shape index (κ3) is 2.58. The minimum atomic E-state index is -0.102. The van der Waals surface area contributed by atoms with Gasteiger partial charge in [0.25, 0.3) is 5.91 Å². The summed E-state index contributed by atoms with van der Waals surface area (Å²) in [7, 11) is 3.68. The summed E-state index contributed by atoms with van der Waals surface area (Å²) in [6.45, 7) is 1.05. The van der Waals surface area contributed by atoms with E-state index in [1.165, 1.54) is 19.3 Å². The van der Waals surface area contributed by atoms with Gasteiger partial charge in [-0.3, -0.25) is 4.79 Å². The Labute approximate surface area is 108 Å². The van der Waals surface area contributed by atoms with Crippen molar-refractivity contribution in [2.45, 2.75) is 19.3 Å². The Bertz CT molecular complexity index is 441. The molecule has 3 N–H and O–H groups in total. The van der Waals surface area contributed by atoms with Gasteiger partial charge in [-0.1, -0.05) is 6.42 Å². The van der Waals surface area contributed by atoms with Crippen LogP contribution in [0.2, 0.25) is 0 Å². The number of anilines is 2. The van der Waals surface area contributed by atoms with E-state index in [4.69, 9.17) is 5.73 Å². The molecule has 0 unspecified atom stereocenters. The predicted molar refractivity (Wildman–Crippen MR) is 74.9 cm³/mol. The van der Waals surface area contributed by atoms with E-state index in [1.807, 2.05) is 12.1 Å². The lowest BCUT2D eigenvalue weighted by molar-refractivity contribution is 0.0963. The molecule has 0 aromatic heterocycles. The van der Waals surface area contributed by atoms with Crippen LogP contribution in [0.5, 0.6) is 0 Å². The molecule has 1 aromatic rings. The van der Waals surface area contributed by atoms with Gasteiger partial charge in [0.05, 0.1) is 11.4 Å². The molecule has 4 heteroatoms. The molecule has 0 aliphatic heterocycles. The van der Waals surface area contributed by atoms with E-state index in [1.54, 1.807) is 13.1 Å². The number of nitrogen functional groups attached to an aromatic ring is 1. The first-order valence-electron chi connectivity index (χ1n) is 6.44. The fourth-order valence-electron chi connectivity index (χ4n) is 2.35. The van der Waals surface area contributed by atoms with Crippen LogP contribution in [-0.4, -0.2) is 26.5 Å². The van der Waals surface area contributed by atoms with Crippen molar-refractivity contribution < 1.29 is 4.79 Å². The van der Waals surface area contributed by atoms with Gasteiger partial charge in [0.1, 0.15) is 0 Å². The van der Waals surface area contributed by atoms with Gasteiger partial charge >= 0.3 is 0 Å². The van der Waals surface area contributed by atoms with E-state index in [9.17, 15) is 4.79 Å². The topological polar surface area (TPSA) is 58.4 Å². The molecular formula is C14H21N3O. The average Bonchev–Trinajstić information content (AvgIpc) is 2.32. The Morgan fingerprint density at radius 2 is 2.22 bits per heavy atom. The maximum atomic E-state index is 11.5. The molecule has 98 valence electrons. The zero-order valence-corrected chi connectivity index (χ0v) is 11.1. The molecule has 1 saturated carbocycles. The molecule has 4 nitrogen and oxygen atoms in total. The number of hydrogen-bond donors (Lipinski definition) is 2. The maximum Gasteiger partial charge on any atom is 0.251 e. The van der Waals surface area contributed by atoms with Gasteiger partial charge in [-0.15, -0.1) is 0 Å². The summed E-state index contributed by atoms with van der Waals surface area (Å²) in [5.74, 6) is 0.697. The van der Waals surface area contributed by atoms with Crippen molar-refractivity contribution in [3.63, 3.8) is 0 Å². The van der Waals surface area contributed by atoms with E-state index < -0.39 is 0 Å². The smallest absolute Gasteiger partial charge is 0.251 e. The van der Waals surface area contributed by atoms with Crippen LogP contribution in [0.15, 0.2) is 18.2 Å². The van der Waals surface area contributed by atoms with Gasteiger partial charge in [0, 0.05) is 26.2 Å². The molecule has 1 aromatic carbocycles. The van der Waals surface area contributed by atoms with E-state index >= 15 is 0 Å². The first kappa shape index (κ1) is 12.7. The number of nitrogens with one attached hydrogen (secondary N) is 1. The molecule has 1 aliphatic carbocycles. The summed E-state index contributed by atoms with van der Waals surface area (Å²) in [4.78, 5) is 13.7. The first-order chi connectivity index (χ1) is 8.61. The summed E-state index contributed by atoms with van der Waals surface area (Å²) < 4.78 is 0. The number of benzene rings is 1. The maximum absolute atomic E-state index is 11.5. The van der Waals surface area contributed by atoms with Gasteiger partial charge in [0.15, 0.2) is 0 Å². The van der Waals surface area contributed by atoms with Crippen molar-refractivity contribution in [3.05, 3.63) is 23.8 Å². The Morgan fingerprint density at radius 1 is 1.50 bits per heavy atom. The van der Waals surface area contributed by atoms with Crippen LogP contribution in [0.3, 0.4) is 0 Å². The Kier molecular flexibility index (Phi) is 3.75. The lowest BCUT2D eigenvalue weighted by atomic mass is 9.85. The average molecular weight is 247 g/mol. The van der Waals surface area contributed by atoms with Gasteiger partial charge in [-0.25, -0.2) is 0 Å². The summed E-state index contributed by atoms with van der Waals surface area (Å²) >= 11 is 0. The van der Waals surface area contributed by atoms with Crippen LogP contribution in [-0.2, 0) is 0 Å². The van der Waals surface area contributed by atoms with E-state index in [2.05, 4.69) is 17.3 Å². The highest BCUT2D eigenvalue weighted by atomic mass is 16.1. The highest BCUT2D eigenvalue weighted by molar-refractivity contribution is 5.96. The summed E-state index contributed by atoms with van der Waals surface area (Å²) in [6, 6.07) is 5.49. The van der Waals surface area contributed by atoms with Crippen LogP contribution in [0.4, 0.5) is 11.4 Å². The van der Waals surface area contributed by atoms with E-state index in [-0.39, 0.29) is 5.91 Å². The molecule has 0 spiro atoms.